The Hall–Kier alpha value is -1.30. The molecule has 5 nitrogen and oxygen atoms in total. The van der Waals surface area contributed by atoms with E-state index in [4.69, 9.17) is 4.74 Å². The van der Waals surface area contributed by atoms with E-state index in [1.54, 1.807) is 6.20 Å². The molecule has 0 aliphatic heterocycles. The molecule has 0 radical (unpaired) electrons. The van der Waals surface area contributed by atoms with Gasteiger partial charge in [0, 0.05) is 19.3 Å². The molecule has 0 saturated carbocycles. The number of halogens is 1. The Bertz CT molecular complexity index is 444. The highest BCUT2D eigenvalue weighted by Crippen LogP contribution is 2.19. The fourth-order valence-electron chi connectivity index (χ4n) is 1.32. The number of carbonyl (C=O) groups excluding carboxylic acids is 1. The van der Waals surface area contributed by atoms with Gasteiger partial charge >= 0.3 is 6.09 Å². The topological polar surface area (TPSA) is 63.2 Å². The summed E-state index contributed by atoms with van der Waals surface area (Å²) in [4.78, 5) is 15.6. The van der Waals surface area contributed by atoms with Crippen molar-refractivity contribution in [2.24, 2.45) is 0 Å². The minimum absolute atomic E-state index is 0.412. The molecule has 1 aromatic rings. The van der Waals surface area contributed by atoms with Gasteiger partial charge in [0.25, 0.3) is 0 Å². The van der Waals surface area contributed by atoms with Gasteiger partial charge in [-0.3, -0.25) is 0 Å². The molecule has 1 rings (SSSR count). The van der Waals surface area contributed by atoms with Crippen LogP contribution in [0, 0.1) is 6.92 Å². The van der Waals surface area contributed by atoms with E-state index in [0.717, 1.165) is 15.9 Å². The molecule has 0 spiro atoms. The Labute approximate surface area is 122 Å². The van der Waals surface area contributed by atoms with E-state index in [0.29, 0.717) is 13.1 Å². The van der Waals surface area contributed by atoms with Crippen LogP contribution in [0.15, 0.2) is 16.7 Å². The maximum atomic E-state index is 11.4. The van der Waals surface area contributed by atoms with E-state index in [2.05, 4.69) is 31.5 Å². The lowest BCUT2D eigenvalue weighted by Crippen LogP contribution is -2.35. The van der Waals surface area contributed by atoms with Gasteiger partial charge in [-0.1, -0.05) is 0 Å². The fraction of sp³-hybridized carbons (Fsp3) is 0.538. The lowest BCUT2D eigenvalue weighted by molar-refractivity contribution is 0.0530. The monoisotopic (exact) mass is 329 g/mol. The Morgan fingerprint density at radius 2 is 2.11 bits per heavy atom. The number of hydrogen-bond acceptors (Lipinski definition) is 4. The molecule has 0 aliphatic carbocycles. The molecule has 0 aromatic carbocycles. The highest BCUT2D eigenvalue weighted by atomic mass is 79.9. The molecular formula is C13H20BrN3O2. The van der Waals surface area contributed by atoms with Gasteiger partial charge in [0.2, 0.25) is 0 Å². The maximum absolute atomic E-state index is 11.4. The average molecular weight is 330 g/mol. The Balaban J connectivity index is 2.29. The van der Waals surface area contributed by atoms with Crippen molar-refractivity contribution in [1.29, 1.82) is 0 Å². The van der Waals surface area contributed by atoms with E-state index < -0.39 is 11.7 Å². The lowest BCUT2D eigenvalue weighted by Gasteiger charge is -2.19. The molecular weight excluding hydrogens is 310 g/mol. The molecule has 0 saturated heterocycles. The van der Waals surface area contributed by atoms with Gasteiger partial charge in [-0.15, -0.1) is 0 Å². The van der Waals surface area contributed by atoms with Crippen molar-refractivity contribution in [3.8, 4) is 0 Å². The standard InChI is InChI=1S/C13H20BrN3O2/c1-9-7-10(14)11(17-8-9)15-5-6-16-12(18)19-13(2,3)4/h7-8H,5-6H2,1-4H3,(H,15,17)(H,16,18). The van der Waals surface area contributed by atoms with Gasteiger partial charge in [-0.05, 0) is 55.3 Å². The quantitative estimate of drug-likeness (QED) is 0.833. The summed E-state index contributed by atoms with van der Waals surface area (Å²) < 4.78 is 6.03. The van der Waals surface area contributed by atoms with Crippen LogP contribution in [-0.4, -0.2) is 29.8 Å². The number of alkyl carbamates (subject to hydrolysis) is 1. The van der Waals surface area contributed by atoms with Crippen LogP contribution in [0.4, 0.5) is 10.6 Å². The third-order valence-electron chi connectivity index (χ3n) is 2.06. The average Bonchev–Trinajstić information content (AvgIpc) is 2.24. The number of pyridine rings is 1. The smallest absolute Gasteiger partial charge is 0.407 e. The maximum Gasteiger partial charge on any atom is 0.407 e. The predicted molar refractivity (Wildman–Crippen MR) is 79.4 cm³/mol. The summed E-state index contributed by atoms with van der Waals surface area (Å²) in [6, 6.07) is 1.98. The molecule has 1 aromatic heterocycles. The number of nitrogens with one attached hydrogen (secondary N) is 2. The SMILES string of the molecule is Cc1cnc(NCCNC(=O)OC(C)(C)C)c(Br)c1. The van der Waals surface area contributed by atoms with Crippen molar-refractivity contribution >= 4 is 27.8 Å². The zero-order valence-corrected chi connectivity index (χ0v) is 13.3. The summed E-state index contributed by atoms with van der Waals surface area (Å²) >= 11 is 3.43. The van der Waals surface area contributed by atoms with Crippen LogP contribution >= 0.6 is 15.9 Å². The van der Waals surface area contributed by atoms with Crippen molar-refractivity contribution in [3.05, 3.63) is 22.3 Å². The van der Waals surface area contributed by atoms with Crippen LogP contribution in [0.25, 0.3) is 0 Å². The van der Waals surface area contributed by atoms with Crippen LogP contribution in [0.1, 0.15) is 26.3 Å². The third-order valence-corrected chi connectivity index (χ3v) is 2.67. The Morgan fingerprint density at radius 1 is 1.42 bits per heavy atom. The predicted octanol–water partition coefficient (Wildman–Crippen LogP) is 3.09. The number of anilines is 1. The van der Waals surface area contributed by atoms with Crippen LogP contribution in [0.2, 0.25) is 0 Å². The number of carbonyl (C=O) groups is 1. The highest BCUT2D eigenvalue weighted by Gasteiger charge is 2.15. The molecule has 19 heavy (non-hydrogen) atoms. The highest BCUT2D eigenvalue weighted by molar-refractivity contribution is 9.10. The zero-order valence-electron chi connectivity index (χ0n) is 11.7. The first-order chi connectivity index (χ1) is 8.78. The summed E-state index contributed by atoms with van der Waals surface area (Å²) in [6.45, 7) is 8.52. The molecule has 106 valence electrons. The third kappa shape index (κ3) is 6.42. The van der Waals surface area contributed by atoms with Gasteiger partial charge in [0.15, 0.2) is 0 Å². The van der Waals surface area contributed by atoms with Crippen molar-refractivity contribution < 1.29 is 9.53 Å². The zero-order chi connectivity index (χ0) is 14.5. The molecule has 0 atom stereocenters. The van der Waals surface area contributed by atoms with E-state index in [9.17, 15) is 4.79 Å². The number of ether oxygens (including phenoxy) is 1. The minimum Gasteiger partial charge on any atom is -0.444 e. The van der Waals surface area contributed by atoms with E-state index >= 15 is 0 Å². The van der Waals surface area contributed by atoms with Crippen molar-refractivity contribution in [2.45, 2.75) is 33.3 Å². The normalized spacial score (nSPS) is 11.0. The van der Waals surface area contributed by atoms with Crippen LogP contribution in [0.3, 0.4) is 0 Å². The number of aromatic nitrogens is 1. The summed E-state index contributed by atoms with van der Waals surface area (Å²) in [5, 5.41) is 5.80. The largest absolute Gasteiger partial charge is 0.444 e. The van der Waals surface area contributed by atoms with Crippen molar-refractivity contribution in [3.63, 3.8) is 0 Å². The first kappa shape index (κ1) is 15.8. The summed E-state index contributed by atoms with van der Waals surface area (Å²) in [7, 11) is 0. The van der Waals surface area contributed by atoms with Crippen LogP contribution in [0.5, 0.6) is 0 Å². The minimum atomic E-state index is -0.473. The first-order valence-electron chi connectivity index (χ1n) is 6.11. The molecule has 0 fully saturated rings. The number of hydrogen-bond donors (Lipinski definition) is 2. The van der Waals surface area contributed by atoms with Gasteiger partial charge in [0.05, 0.1) is 4.47 Å². The van der Waals surface area contributed by atoms with Crippen LogP contribution in [-0.2, 0) is 4.74 Å². The summed E-state index contributed by atoms with van der Waals surface area (Å²) in [5.41, 5.74) is 0.614. The second-order valence-corrected chi connectivity index (χ2v) is 6.05. The summed E-state index contributed by atoms with van der Waals surface area (Å²) in [6.07, 6.45) is 1.37. The van der Waals surface area contributed by atoms with E-state index in [1.807, 2.05) is 33.8 Å². The molecule has 1 heterocycles. The fourth-order valence-corrected chi connectivity index (χ4v) is 1.93. The number of aryl methyl sites for hydroxylation is 1. The van der Waals surface area contributed by atoms with E-state index in [1.165, 1.54) is 0 Å². The van der Waals surface area contributed by atoms with Gasteiger partial charge < -0.3 is 15.4 Å². The Morgan fingerprint density at radius 3 is 2.68 bits per heavy atom. The number of nitrogens with zero attached hydrogens (tertiary/aromatic N) is 1. The molecule has 1 amide bonds. The number of rotatable bonds is 4. The summed E-state index contributed by atoms with van der Waals surface area (Å²) in [5.74, 6) is 0.761. The molecule has 6 heteroatoms. The van der Waals surface area contributed by atoms with Crippen molar-refractivity contribution in [1.82, 2.24) is 10.3 Å². The second-order valence-electron chi connectivity index (χ2n) is 5.20. The Kier molecular flexibility index (Phi) is 5.60. The number of amides is 1. The van der Waals surface area contributed by atoms with Gasteiger partial charge in [-0.25, -0.2) is 9.78 Å². The lowest BCUT2D eigenvalue weighted by atomic mass is 10.2. The molecule has 0 bridgehead atoms. The molecule has 0 unspecified atom stereocenters. The first-order valence-corrected chi connectivity index (χ1v) is 6.90. The molecule has 2 N–H and O–H groups in total. The molecule has 0 aliphatic rings. The van der Waals surface area contributed by atoms with Crippen LogP contribution < -0.4 is 10.6 Å². The van der Waals surface area contributed by atoms with Crippen molar-refractivity contribution in [2.75, 3.05) is 18.4 Å². The van der Waals surface area contributed by atoms with E-state index in [-0.39, 0.29) is 0 Å². The second kappa shape index (κ2) is 6.75. The van der Waals surface area contributed by atoms with Gasteiger partial charge in [-0.2, -0.15) is 0 Å². The van der Waals surface area contributed by atoms with Gasteiger partial charge in [0.1, 0.15) is 11.4 Å².